The van der Waals surface area contributed by atoms with Crippen LogP contribution in [0, 0.1) is 19.7 Å². The molecule has 2 rings (SSSR count). The fraction of sp³-hybridized carbons (Fsp3) is 0.231. The van der Waals surface area contributed by atoms with Gasteiger partial charge in [0.05, 0.1) is 7.11 Å². The van der Waals surface area contributed by atoms with Gasteiger partial charge in [-0.1, -0.05) is 0 Å². The van der Waals surface area contributed by atoms with E-state index in [-0.39, 0.29) is 5.75 Å². The van der Waals surface area contributed by atoms with Crippen LogP contribution in [-0.2, 0) is 0 Å². The molecule has 0 amide bonds. The van der Waals surface area contributed by atoms with E-state index in [1.54, 1.807) is 12.1 Å². The molecule has 1 heterocycles. The number of anilines is 1. The van der Waals surface area contributed by atoms with Gasteiger partial charge in [0.15, 0.2) is 17.4 Å². The summed E-state index contributed by atoms with van der Waals surface area (Å²) < 4.78 is 18.3. The molecule has 0 radical (unpaired) electrons. The Bertz CT molecular complexity index is 616. The van der Waals surface area contributed by atoms with Crippen molar-refractivity contribution >= 4 is 5.82 Å². The summed E-state index contributed by atoms with van der Waals surface area (Å²) in [5.74, 6) is 6.17. The highest BCUT2D eigenvalue weighted by molar-refractivity contribution is 5.61. The maximum absolute atomic E-state index is 13.4. The number of methoxy groups -OCH3 is 1. The normalized spacial score (nSPS) is 10.4. The van der Waals surface area contributed by atoms with Gasteiger partial charge < -0.3 is 10.2 Å². The highest BCUT2D eigenvalue weighted by Gasteiger charge is 2.11. The van der Waals surface area contributed by atoms with Crippen LogP contribution in [0.2, 0.25) is 0 Å². The summed E-state index contributed by atoms with van der Waals surface area (Å²) in [5.41, 5.74) is 4.88. The van der Waals surface area contributed by atoms with Gasteiger partial charge in [-0.05, 0) is 32.0 Å². The van der Waals surface area contributed by atoms with E-state index in [2.05, 4.69) is 15.4 Å². The van der Waals surface area contributed by atoms with Gasteiger partial charge in [-0.2, -0.15) is 0 Å². The molecule has 0 fully saturated rings. The number of nitrogens with one attached hydrogen (secondary N) is 1. The van der Waals surface area contributed by atoms with Crippen LogP contribution in [0.5, 0.6) is 5.75 Å². The average Bonchev–Trinajstić information content (AvgIpc) is 2.42. The van der Waals surface area contributed by atoms with E-state index in [0.717, 1.165) is 11.3 Å². The summed E-state index contributed by atoms with van der Waals surface area (Å²) in [7, 11) is 1.41. The number of nitrogens with two attached hydrogens (primary N) is 1. The summed E-state index contributed by atoms with van der Waals surface area (Å²) in [5, 5.41) is 0. The number of aromatic nitrogens is 2. The van der Waals surface area contributed by atoms with E-state index >= 15 is 0 Å². The summed E-state index contributed by atoms with van der Waals surface area (Å²) in [6.45, 7) is 3.74. The Balaban J connectivity index is 2.55. The Morgan fingerprint density at radius 2 is 2.00 bits per heavy atom. The fourth-order valence-electron chi connectivity index (χ4n) is 1.70. The van der Waals surface area contributed by atoms with Gasteiger partial charge in [-0.25, -0.2) is 20.2 Å². The van der Waals surface area contributed by atoms with Crippen molar-refractivity contribution in [3.05, 3.63) is 35.3 Å². The predicted molar refractivity (Wildman–Crippen MR) is 71.3 cm³/mol. The van der Waals surface area contributed by atoms with Crippen LogP contribution in [0.1, 0.15) is 11.3 Å². The van der Waals surface area contributed by atoms with Crippen molar-refractivity contribution in [3.8, 4) is 17.1 Å². The first-order chi connectivity index (χ1) is 9.06. The molecule has 0 spiro atoms. The van der Waals surface area contributed by atoms with Crippen LogP contribution >= 0.6 is 0 Å². The topological polar surface area (TPSA) is 73.1 Å². The molecule has 0 aliphatic carbocycles. The van der Waals surface area contributed by atoms with Gasteiger partial charge in [-0.15, -0.1) is 0 Å². The van der Waals surface area contributed by atoms with Crippen molar-refractivity contribution in [1.82, 2.24) is 9.97 Å². The maximum atomic E-state index is 13.4. The van der Waals surface area contributed by atoms with Gasteiger partial charge in [0.25, 0.3) is 0 Å². The first kappa shape index (κ1) is 13.2. The van der Waals surface area contributed by atoms with Crippen LogP contribution < -0.4 is 16.0 Å². The molecular formula is C13H15FN4O. The number of hydrogen-bond donors (Lipinski definition) is 2. The first-order valence-electron chi connectivity index (χ1n) is 5.72. The molecule has 2 aromatic rings. The fourth-order valence-corrected chi connectivity index (χ4v) is 1.70. The molecule has 0 unspecified atom stereocenters. The van der Waals surface area contributed by atoms with Gasteiger partial charge in [-0.3, -0.25) is 0 Å². The van der Waals surface area contributed by atoms with E-state index in [0.29, 0.717) is 17.2 Å². The lowest BCUT2D eigenvalue weighted by Gasteiger charge is -2.10. The summed E-state index contributed by atoms with van der Waals surface area (Å²) in [4.78, 5) is 8.67. The zero-order valence-corrected chi connectivity index (χ0v) is 11.0. The number of nitrogens with zero attached hydrogens (tertiary/aromatic N) is 2. The van der Waals surface area contributed by atoms with Crippen molar-refractivity contribution in [2.75, 3.05) is 12.5 Å². The third kappa shape index (κ3) is 2.48. The number of hydrogen-bond acceptors (Lipinski definition) is 5. The molecular weight excluding hydrogens is 247 g/mol. The van der Waals surface area contributed by atoms with Crippen molar-refractivity contribution in [3.63, 3.8) is 0 Å². The number of aryl methyl sites for hydroxylation is 1. The standard InChI is InChI=1S/C13H15FN4O/c1-7-8(2)16-13(17-12(7)18-15)9-4-5-10(14)11(6-9)19-3/h4-6H,15H2,1-3H3,(H,16,17,18). The number of ether oxygens (including phenoxy) is 1. The number of halogens is 1. The third-order valence-corrected chi connectivity index (χ3v) is 2.94. The molecule has 3 N–H and O–H groups in total. The summed E-state index contributed by atoms with van der Waals surface area (Å²) in [6.07, 6.45) is 0. The zero-order chi connectivity index (χ0) is 14.0. The van der Waals surface area contributed by atoms with E-state index < -0.39 is 5.82 Å². The van der Waals surface area contributed by atoms with Crippen LogP contribution in [0.25, 0.3) is 11.4 Å². The second kappa shape index (κ2) is 5.19. The van der Waals surface area contributed by atoms with E-state index in [1.165, 1.54) is 13.2 Å². The summed E-state index contributed by atoms with van der Waals surface area (Å²) >= 11 is 0. The summed E-state index contributed by atoms with van der Waals surface area (Å²) in [6, 6.07) is 4.48. The number of nitrogen functional groups attached to an aromatic ring is 1. The molecule has 0 saturated carbocycles. The molecule has 1 aromatic carbocycles. The molecule has 0 aliphatic heterocycles. The van der Waals surface area contributed by atoms with Gasteiger partial charge in [0.2, 0.25) is 0 Å². The maximum Gasteiger partial charge on any atom is 0.165 e. The van der Waals surface area contributed by atoms with Crippen molar-refractivity contribution in [1.29, 1.82) is 0 Å². The highest BCUT2D eigenvalue weighted by atomic mass is 19.1. The monoisotopic (exact) mass is 262 g/mol. The molecule has 6 heteroatoms. The van der Waals surface area contributed by atoms with Gasteiger partial charge >= 0.3 is 0 Å². The molecule has 19 heavy (non-hydrogen) atoms. The second-order valence-electron chi connectivity index (χ2n) is 4.10. The molecule has 100 valence electrons. The van der Waals surface area contributed by atoms with E-state index in [1.807, 2.05) is 13.8 Å². The quantitative estimate of drug-likeness (QED) is 0.655. The number of hydrazine groups is 1. The lowest BCUT2D eigenvalue weighted by Crippen LogP contribution is -2.12. The molecule has 0 saturated heterocycles. The second-order valence-corrected chi connectivity index (χ2v) is 4.10. The van der Waals surface area contributed by atoms with Crippen LogP contribution in [-0.4, -0.2) is 17.1 Å². The number of rotatable bonds is 3. The van der Waals surface area contributed by atoms with E-state index in [4.69, 9.17) is 10.6 Å². The Labute approximate surface area is 110 Å². The molecule has 0 atom stereocenters. The molecule has 0 bridgehead atoms. The lowest BCUT2D eigenvalue weighted by atomic mass is 10.1. The van der Waals surface area contributed by atoms with Crippen molar-refractivity contribution in [2.45, 2.75) is 13.8 Å². The lowest BCUT2D eigenvalue weighted by molar-refractivity contribution is 0.387. The average molecular weight is 262 g/mol. The SMILES string of the molecule is COc1cc(-c2nc(C)c(C)c(NN)n2)ccc1F. The van der Waals surface area contributed by atoms with Gasteiger partial charge in [0.1, 0.15) is 5.82 Å². The Morgan fingerprint density at radius 1 is 1.26 bits per heavy atom. The minimum Gasteiger partial charge on any atom is -0.494 e. The van der Waals surface area contributed by atoms with Crippen LogP contribution in [0.3, 0.4) is 0 Å². The minimum absolute atomic E-state index is 0.154. The Kier molecular flexibility index (Phi) is 3.62. The smallest absolute Gasteiger partial charge is 0.165 e. The van der Waals surface area contributed by atoms with Crippen molar-refractivity contribution in [2.24, 2.45) is 5.84 Å². The number of benzene rings is 1. The van der Waals surface area contributed by atoms with Crippen molar-refractivity contribution < 1.29 is 9.13 Å². The zero-order valence-electron chi connectivity index (χ0n) is 11.0. The third-order valence-electron chi connectivity index (χ3n) is 2.94. The molecule has 1 aromatic heterocycles. The largest absolute Gasteiger partial charge is 0.494 e. The highest BCUT2D eigenvalue weighted by Crippen LogP contribution is 2.26. The molecule has 0 aliphatic rings. The van der Waals surface area contributed by atoms with Gasteiger partial charge in [0, 0.05) is 16.8 Å². The molecule has 5 nitrogen and oxygen atoms in total. The van der Waals surface area contributed by atoms with E-state index in [9.17, 15) is 4.39 Å². The minimum atomic E-state index is -0.424. The first-order valence-corrected chi connectivity index (χ1v) is 5.72. The Hall–Kier alpha value is -2.21. The van der Waals surface area contributed by atoms with Crippen LogP contribution in [0.15, 0.2) is 18.2 Å². The Morgan fingerprint density at radius 3 is 2.63 bits per heavy atom. The van der Waals surface area contributed by atoms with Crippen LogP contribution in [0.4, 0.5) is 10.2 Å². The predicted octanol–water partition coefficient (Wildman–Crippen LogP) is 2.19.